The van der Waals surface area contributed by atoms with Crippen LogP contribution in [0.3, 0.4) is 0 Å². The first-order valence-electron chi connectivity index (χ1n) is 9.56. The molecule has 0 unspecified atom stereocenters. The van der Waals surface area contributed by atoms with E-state index in [-0.39, 0.29) is 17.4 Å². The summed E-state index contributed by atoms with van der Waals surface area (Å²) >= 11 is 0. The van der Waals surface area contributed by atoms with E-state index in [4.69, 9.17) is 0 Å². The number of amides is 2. The normalized spacial score (nSPS) is 25.4. The van der Waals surface area contributed by atoms with Crippen molar-refractivity contribution in [2.24, 2.45) is 5.92 Å². The third-order valence-electron chi connectivity index (χ3n) is 6.00. The lowest BCUT2D eigenvalue weighted by molar-refractivity contribution is -0.128. The van der Waals surface area contributed by atoms with Gasteiger partial charge in [-0.1, -0.05) is 18.2 Å². The van der Waals surface area contributed by atoms with Gasteiger partial charge in [0.25, 0.3) is 0 Å². The van der Waals surface area contributed by atoms with E-state index in [1.165, 1.54) is 10.9 Å². The third kappa shape index (κ3) is 3.41. The van der Waals surface area contributed by atoms with Crippen molar-refractivity contribution in [2.45, 2.75) is 32.4 Å². The zero-order valence-electron chi connectivity index (χ0n) is 15.9. The van der Waals surface area contributed by atoms with Crippen LogP contribution < -0.4 is 5.32 Å². The summed E-state index contributed by atoms with van der Waals surface area (Å²) in [6.07, 6.45) is 2.80. The Morgan fingerprint density at radius 3 is 2.85 bits per heavy atom. The van der Waals surface area contributed by atoms with Crippen LogP contribution in [0, 0.1) is 5.92 Å². The number of carbonyl (C=O) groups excluding carboxylic acids is 2. The summed E-state index contributed by atoms with van der Waals surface area (Å²) in [6.45, 7) is 7.06. The van der Waals surface area contributed by atoms with E-state index in [2.05, 4.69) is 27.3 Å². The van der Waals surface area contributed by atoms with Gasteiger partial charge in [0.05, 0.1) is 11.1 Å². The topological polar surface area (TPSA) is 65.5 Å². The first-order chi connectivity index (χ1) is 13.0. The molecule has 2 amide bonds. The predicted molar refractivity (Wildman–Crippen MR) is 104 cm³/mol. The summed E-state index contributed by atoms with van der Waals surface area (Å²) in [6, 6.07) is 10.3. The Hall–Kier alpha value is -2.47. The first kappa shape index (κ1) is 17.9. The average molecular weight is 366 g/mol. The largest absolute Gasteiger partial charge is 0.347 e. The van der Waals surface area contributed by atoms with Gasteiger partial charge in [-0.3, -0.25) is 19.5 Å². The highest BCUT2D eigenvalue weighted by atomic mass is 16.2. The molecule has 27 heavy (non-hydrogen) atoms. The minimum atomic E-state index is -0.349. The zero-order valence-corrected chi connectivity index (χ0v) is 15.9. The molecule has 6 nitrogen and oxygen atoms in total. The van der Waals surface area contributed by atoms with E-state index in [1.807, 2.05) is 29.3 Å². The third-order valence-corrected chi connectivity index (χ3v) is 6.00. The van der Waals surface area contributed by atoms with Crippen molar-refractivity contribution in [2.75, 3.05) is 26.2 Å². The molecule has 0 aliphatic carbocycles. The van der Waals surface area contributed by atoms with Crippen molar-refractivity contribution in [3.63, 3.8) is 0 Å². The zero-order chi connectivity index (χ0) is 19.0. The van der Waals surface area contributed by atoms with Crippen molar-refractivity contribution in [1.29, 1.82) is 0 Å². The predicted octanol–water partition coefficient (Wildman–Crippen LogP) is 1.79. The maximum absolute atomic E-state index is 11.9. The number of likely N-dealkylation sites (tertiary alicyclic amines) is 2. The lowest BCUT2D eigenvalue weighted by Gasteiger charge is -2.44. The second-order valence-electron chi connectivity index (χ2n) is 7.92. The second-order valence-corrected chi connectivity index (χ2v) is 7.92. The fourth-order valence-electron chi connectivity index (χ4n) is 4.79. The Morgan fingerprint density at radius 1 is 1.22 bits per heavy atom. The quantitative estimate of drug-likeness (QED) is 0.900. The van der Waals surface area contributed by atoms with Crippen LogP contribution in [-0.2, 0) is 16.1 Å². The summed E-state index contributed by atoms with van der Waals surface area (Å²) in [7, 11) is 0. The molecule has 4 rings (SSSR count). The van der Waals surface area contributed by atoms with E-state index in [0.717, 1.165) is 38.1 Å². The van der Waals surface area contributed by atoms with E-state index in [1.54, 1.807) is 13.8 Å². The molecule has 3 heterocycles. The number of fused-ring (bicyclic) bond motifs is 2. The maximum atomic E-state index is 11.9. The van der Waals surface area contributed by atoms with Crippen LogP contribution in [0.15, 0.2) is 36.5 Å². The van der Waals surface area contributed by atoms with Crippen molar-refractivity contribution >= 4 is 22.7 Å². The molecule has 0 radical (unpaired) electrons. The molecule has 2 saturated heterocycles. The standard InChI is InChI=1S/C21H26N4O2/c1-15(26)23-21-13-24(10-8-18(21)12-25(14-21)16(2)27)11-17-5-3-7-20-19(17)6-4-9-22-20/h3-7,9,18H,8,10-14H2,1-2H3,(H,23,26)/t18-,21-/m1/s1. The summed E-state index contributed by atoms with van der Waals surface area (Å²) in [4.78, 5) is 32.6. The van der Waals surface area contributed by atoms with Crippen LogP contribution in [0.25, 0.3) is 10.9 Å². The molecule has 0 saturated carbocycles. The molecule has 2 aliphatic rings. The number of hydrogen-bond acceptors (Lipinski definition) is 4. The Balaban J connectivity index is 1.59. The van der Waals surface area contributed by atoms with Gasteiger partial charge in [-0.15, -0.1) is 0 Å². The molecule has 2 fully saturated rings. The van der Waals surface area contributed by atoms with Crippen LogP contribution in [0.4, 0.5) is 0 Å². The maximum Gasteiger partial charge on any atom is 0.219 e. The SMILES string of the molecule is CC(=O)N[C@@]12CN(Cc3cccc4ncccc34)CC[C@@H]1CN(C(C)=O)C2. The van der Waals surface area contributed by atoms with Crippen molar-refractivity contribution < 1.29 is 9.59 Å². The minimum absolute atomic E-state index is 0.0263. The van der Waals surface area contributed by atoms with Crippen LogP contribution in [0.2, 0.25) is 0 Å². The Morgan fingerprint density at radius 2 is 2.07 bits per heavy atom. The van der Waals surface area contributed by atoms with E-state index in [0.29, 0.717) is 12.5 Å². The summed E-state index contributed by atoms with van der Waals surface area (Å²) in [5.74, 6) is 0.373. The second kappa shape index (κ2) is 6.93. The molecule has 6 heteroatoms. The molecule has 2 aromatic rings. The summed E-state index contributed by atoms with van der Waals surface area (Å²) in [5, 5.41) is 4.38. The molecular weight excluding hydrogens is 340 g/mol. The van der Waals surface area contributed by atoms with Gasteiger partial charge in [-0.2, -0.15) is 0 Å². The number of rotatable bonds is 3. The van der Waals surface area contributed by atoms with Crippen LogP contribution in [0.5, 0.6) is 0 Å². The van der Waals surface area contributed by atoms with Gasteiger partial charge in [0.1, 0.15) is 0 Å². The number of aromatic nitrogens is 1. The number of piperidine rings is 1. The molecule has 1 N–H and O–H groups in total. The summed E-state index contributed by atoms with van der Waals surface area (Å²) in [5.41, 5.74) is 1.90. The highest BCUT2D eigenvalue weighted by Gasteiger charge is 2.50. The fourth-order valence-corrected chi connectivity index (χ4v) is 4.79. The molecular formula is C21H26N4O2. The minimum Gasteiger partial charge on any atom is -0.347 e. The average Bonchev–Trinajstić information content (AvgIpc) is 3.00. The molecule has 1 aromatic heterocycles. The van der Waals surface area contributed by atoms with Gasteiger partial charge < -0.3 is 10.2 Å². The lowest BCUT2D eigenvalue weighted by Crippen LogP contribution is -2.63. The van der Waals surface area contributed by atoms with Gasteiger partial charge in [-0.25, -0.2) is 0 Å². The summed E-state index contributed by atoms with van der Waals surface area (Å²) < 4.78 is 0. The lowest BCUT2D eigenvalue weighted by atomic mass is 9.80. The van der Waals surface area contributed by atoms with E-state index >= 15 is 0 Å². The molecule has 2 atom stereocenters. The number of nitrogens with one attached hydrogen (secondary N) is 1. The Kier molecular flexibility index (Phi) is 4.60. The molecule has 142 valence electrons. The number of benzene rings is 1. The molecule has 0 spiro atoms. The number of hydrogen-bond donors (Lipinski definition) is 1. The number of carbonyl (C=O) groups is 2. The molecule has 1 aromatic carbocycles. The van der Waals surface area contributed by atoms with Crippen molar-refractivity contribution in [3.05, 3.63) is 42.1 Å². The van der Waals surface area contributed by atoms with E-state index < -0.39 is 0 Å². The monoisotopic (exact) mass is 366 g/mol. The van der Waals surface area contributed by atoms with Gasteiger partial charge in [0.2, 0.25) is 11.8 Å². The van der Waals surface area contributed by atoms with Crippen LogP contribution in [-0.4, -0.2) is 58.3 Å². The van der Waals surface area contributed by atoms with Crippen molar-refractivity contribution in [1.82, 2.24) is 20.1 Å². The highest BCUT2D eigenvalue weighted by Crippen LogP contribution is 2.36. The smallest absolute Gasteiger partial charge is 0.219 e. The van der Waals surface area contributed by atoms with Crippen LogP contribution in [0.1, 0.15) is 25.8 Å². The van der Waals surface area contributed by atoms with Gasteiger partial charge >= 0.3 is 0 Å². The highest BCUT2D eigenvalue weighted by molar-refractivity contribution is 5.82. The fraction of sp³-hybridized carbons (Fsp3) is 0.476. The molecule has 2 aliphatic heterocycles. The van der Waals surface area contributed by atoms with Crippen LogP contribution >= 0.6 is 0 Å². The van der Waals surface area contributed by atoms with Gasteiger partial charge in [0.15, 0.2) is 0 Å². The number of pyridine rings is 1. The van der Waals surface area contributed by atoms with Gasteiger partial charge in [-0.05, 0) is 30.7 Å². The Labute approximate surface area is 159 Å². The van der Waals surface area contributed by atoms with Gasteiger partial charge in [0, 0.05) is 57.5 Å². The first-order valence-corrected chi connectivity index (χ1v) is 9.56. The van der Waals surface area contributed by atoms with E-state index in [9.17, 15) is 9.59 Å². The number of nitrogens with zero attached hydrogens (tertiary/aromatic N) is 3. The molecule has 0 bridgehead atoms. The Bertz CT molecular complexity index is 878. The van der Waals surface area contributed by atoms with Crippen molar-refractivity contribution in [3.8, 4) is 0 Å².